The Bertz CT molecular complexity index is 375. The second-order valence-corrected chi connectivity index (χ2v) is 4.41. The molecule has 0 saturated heterocycles. The zero-order valence-electron chi connectivity index (χ0n) is 8.28. The lowest BCUT2D eigenvalue weighted by atomic mass is 10.1. The topological polar surface area (TPSA) is 17.8 Å². The first-order valence-corrected chi connectivity index (χ1v) is 4.44. The molecule has 1 rings (SSSR count). The van der Waals surface area contributed by atoms with Gasteiger partial charge in [-0.3, -0.25) is 4.68 Å². The van der Waals surface area contributed by atoms with Crippen LogP contribution >= 0.6 is 11.6 Å². The van der Waals surface area contributed by atoms with Crippen molar-refractivity contribution in [2.24, 2.45) is 0 Å². The van der Waals surface area contributed by atoms with Gasteiger partial charge in [-0.15, -0.1) is 5.10 Å². The third kappa shape index (κ3) is 2.25. The second-order valence-electron chi connectivity index (χ2n) is 4.03. The third-order valence-electron chi connectivity index (χ3n) is 1.69. The van der Waals surface area contributed by atoms with E-state index in [0.717, 1.165) is 0 Å². The van der Waals surface area contributed by atoms with Crippen molar-refractivity contribution in [1.82, 2.24) is 9.78 Å². The van der Waals surface area contributed by atoms with Gasteiger partial charge in [0, 0.05) is 0 Å². The summed E-state index contributed by atoms with van der Waals surface area (Å²) in [7, 11) is 0. The molecule has 86 valence electrons. The van der Waals surface area contributed by atoms with Crippen LogP contribution in [-0.2, 0) is 11.7 Å². The van der Waals surface area contributed by atoms with Crippen LogP contribution in [0, 0.1) is 5.95 Å². The van der Waals surface area contributed by atoms with Crippen molar-refractivity contribution < 1.29 is 17.6 Å². The molecule has 0 spiro atoms. The summed E-state index contributed by atoms with van der Waals surface area (Å²) in [6, 6.07) is 0. The van der Waals surface area contributed by atoms with Crippen LogP contribution in [0.25, 0.3) is 0 Å². The van der Waals surface area contributed by atoms with E-state index in [1.54, 1.807) is 0 Å². The van der Waals surface area contributed by atoms with E-state index in [4.69, 9.17) is 11.6 Å². The van der Waals surface area contributed by atoms with E-state index in [-0.39, 0.29) is 0 Å². The summed E-state index contributed by atoms with van der Waals surface area (Å²) in [6.07, 6.45) is -4.72. The summed E-state index contributed by atoms with van der Waals surface area (Å²) >= 11 is 5.23. The Balaban J connectivity index is 3.48. The largest absolute Gasteiger partial charge is 0.434 e. The fourth-order valence-corrected chi connectivity index (χ4v) is 1.33. The van der Waals surface area contributed by atoms with E-state index >= 15 is 0 Å². The van der Waals surface area contributed by atoms with Crippen molar-refractivity contribution in [3.05, 3.63) is 16.7 Å². The molecule has 0 saturated carbocycles. The molecule has 7 heteroatoms. The zero-order valence-corrected chi connectivity index (χ0v) is 9.04. The summed E-state index contributed by atoms with van der Waals surface area (Å²) in [5.41, 5.74) is -2.24. The maximum absolute atomic E-state index is 12.9. The molecule has 0 unspecified atom stereocenters. The van der Waals surface area contributed by atoms with Crippen LogP contribution in [0.5, 0.6) is 0 Å². The number of hydrogen-bond acceptors (Lipinski definition) is 1. The van der Waals surface area contributed by atoms with Crippen LogP contribution < -0.4 is 0 Å². The van der Waals surface area contributed by atoms with Gasteiger partial charge in [-0.1, -0.05) is 11.6 Å². The number of halogens is 5. The number of rotatable bonds is 0. The Labute approximate surface area is 88.8 Å². The molecule has 0 aliphatic heterocycles. The lowest BCUT2D eigenvalue weighted by Crippen LogP contribution is -2.28. The number of hydrogen-bond donors (Lipinski definition) is 0. The predicted octanol–water partition coefficient (Wildman–Crippen LogP) is 3.45. The zero-order chi connectivity index (χ0) is 12.0. The Morgan fingerprint density at radius 3 is 1.93 bits per heavy atom. The minimum Gasteiger partial charge on any atom is -0.251 e. The average molecular weight is 245 g/mol. The molecule has 0 N–H and O–H groups in total. The lowest BCUT2D eigenvalue weighted by Gasteiger charge is -2.23. The minimum atomic E-state index is -4.72. The summed E-state index contributed by atoms with van der Waals surface area (Å²) in [5.74, 6) is -1.31. The van der Waals surface area contributed by atoms with Crippen molar-refractivity contribution in [3.8, 4) is 0 Å². The van der Waals surface area contributed by atoms with Crippen LogP contribution in [0.4, 0.5) is 17.6 Å². The van der Waals surface area contributed by atoms with Crippen molar-refractivity contribution in [2.45, 2.75) is 32.5 Å². The van der Waals surface area contributed by atoms with Crippen LogP contribution in [-0.4, -0.2) is 9.78 Å². The van der Waals surface area contributed by atoms with Gasteiger partial charge in [0.2, 0.25) is 0 Å². The molecule has 0 fully saturated rings. The number of aromatic nitrogens is 2. The fraction of sp³-hybridized carbons (Fsp3) is 0.625. The number of alkyl halides is 3. The van der Waals surface area contributed by atoms with E-state index in [2.05, 4.69) is 5.10 Å². The maximum Gasteiger partial charge on any atom is 0.434 e. The molecule has 0 aromatic carbocycles. The summed E-state index contributed by atoms with van der Waals surface area (Å²) in [6.45, 7) is 4.43. The first kappa shape index (κ1) is 12.3. The van der Waals surface area contributed by atoms with Crippen LogP contribution in [0.1, 0.15) is 26.5 Å². The van der Waals surface area contributed by atoms with E-state index < -0.39 is 28.4 Å². The Kier molecular flexibility index (Phi) is 2.76. The smallest absolute Gasteiger partial charge is 0.251 e. The normalized spacial score (nSPS) is 13.3. The van der Waals surface area contributed by atoms with Gasteiger partial charge in [0.15, 0.2) is 5.69 Å². The van der Waals surface area contributed by atoms with Gasteiger partial charge < -0.3 is 0 Å². The van der Waals surface area contributed by atoms with Gasteiger partial charge in [0.25, 0.3) is 5.95 Å². The molecule has 1 aromatic heterocycles. The highest BCUT2D eigenvalue weighted by atomic mass is 35.5. The van der Waals surface area contributed by atoms with Crippen molar-refractivity contribution in [3.63, 3.8) is 0 Å². The molecule has 15 heavy (non-hydrogen) atoms. The average Bonchev–Trinajstić information content (AvgIpc) is 2.25. The van der Waals surface area contributed by atoms with Gasteiger partial charge in [-0.25, -0.2) is 0 Å². The predicted molar refractivity (Wildman–Crippen MR) is 47.2 cm³/mol. The molecule has 0 radical (unpaired) electrons. The third-order valence-corrected chi connectivity index (χ3v) is 2.03. The highest BCUT2D eigenvalue weighted by Crippen LogP contribution is 2.38. The Hall–Kier alpha value is -0.780. The lowest BCUT2D eigenvalue weighted by molar-refractivity contribution is -0.146. The van der Waals surface area contributed by atoms with E-state index in [0.29, 0.717) is 4.68 Å². The molecule has 1 heterocycles. The van der Waals surface area contributed by atoms with Gasteiger partial charge in [0.05, 0.1) is 5.54 Å². The summed E-state index contributed by atoms with van der Waals surface area (Å²) < 4.78 is 51.1. The quantitative estimate of drug-likeness (QED) is 0.639. The SMILES string of the molecule is CC(C)(C)n1nc(F)c(Cl)c1C(F)(F)F. The standard InChI is InChI=1S/C8H9ClF4N2/c1-7(2,3)15-5(8(11,12)13)4(9)6(10)14-15/h1-3H3. The molecular formula is C8H9ClF4N2. The van der Waals surface area contributed by atoms with E-state index in [1.807, 2.05) is 0 Å². The molecule has 0 amide bonds. The summed E-state index contributed by atoms with van der Waals surface area (Å²) in [5, 5.41) is 2.16. The molecular weight excluding hydrogens is 236 g/mol. The van der Waals surface area contributed by atoms with Crippen LogP contribution in [0.15, 0.2) is 0 Å². The van der Waals surface area contributed by atoms with E-state index in [1.165, 1.54) is 20.8 Å². The minimum absolute atomic E-state index is 0.546. The molecule has 0 aliphatic carbocycles. The van der Waals surface area contributed by atoms with Crippen molar-refractivity contribution in [2.75, 3.05) is 0 Å². The van der Waals surface area contributed by atoms with Gasteiger partial charge in [-0.2, -0.15) is 17.6 Å². The van der Waals surface area contributed by atoms with Crippen LogP contribution in [0.3, 0.4) is 0 Å². The molecule has 0 atom stereocenters. The highest BCUT2D eigenvalue weighted by Gasteiger charge is 2.42. The maximum atomic E-state index is 12.9. The monoisotopic (exact) mass is 244 g/mol. The van der Waals surface area contributed by atoms with E-state index in [9.17, 15) is 17.6 Å². The Morgan fingerprint density at radius 1 is 1.20 bits per heavy atom. The Morgan fingerprint density at radius 2 is 1.67 bits per heavy atom. The van der Waals surface area contributed by atoms with Gasteiger partial charge in [-0.05, 0) is 20.8 Å². The molecule has 0 bridgehead atoms. The first-order chi connectivity index (χ1) is 6.55. The molecule has 0 aliphatic rings. The fourth-order valence-electron chi connectivity index (χ4n) is 1.10. The molecule has 1 aromatic rings. The van der Waals surface area contributed by atoms with Gasteiger partial charge in [0.1, 0.15) is 5.02 Å². The highest BCUT2D eigenvalue weighted by molar-refractivity contribution is 6.31. The second kappa shape index (κ2) is 3.37. The molecule has 2 nitrogen and oxygen atoms in total. The summed E-state index contributed by atoms with van der Waals surface area (Å²) in [4.78, 5) is 0. The van der Waals surface area contributed by atoms with Crippen LogP contribution in [0.2, 0.25) is 5.02 Å². The first-order valence-electron chi connectivity index (χ1n) is 4.07. The number of nitrogens with zero attached hydrogens (tertiary/aromatic N) is 2. The van der Waals surface area contributed by atoms with Crippen molar-refractivity contribution in [1.29, 1.82) is 0 Å². The van der Waals surface area contributed by atoms with Crippen molar-refractivity contribution >= 4 is 11.6 Å². The van der Waals surface area contributed by atoms with Gasteiger partial charge >= 0.3 is 6.18 Å².